The number of nitrogens with one attached hydrogen (secondary N) is 4. The summed E-state index contributed by atoms with van der Waals surface area (Å²) in [7, 11) is 1.90. The minimum atomic E-state index is -0.960. The number of carbonyl (C=O) groups is 4. The van der Waals surface area contributed by atoms with E-state index in [4.69, 9.17) is 5.73 Å². The van der Waals surface area contributed by atoms with Gasteiger partial charge in [-0.2, -0.15) is 0 Å². The number of hydrogen-bond acceptors (Lipinski definition) is 7. The Bertz CT molecular complexity index is 1400. The summed E-state index contributed by atoms with van der Waals surface area (Å²) in [5.41, 5.74) is 8.09. The number of nitrogens with two attached hydrogens (primary N) is 1. The van der Waals surface area contributed by atoms with Gasteiger partial charge in [0.15, 0.2) is 0 Å². The zero-order valence-corrected chi connectivity index (χ0v) is 31.8. The summed E-state index contributed by atoms with van der Waals surface area (Å²) < 4.78 is 0. The molecule has 0 aliphatic carbocycles. The number of carbonyl (C=O) groups excluding carboxylic acids is 4. The highest BCUT2D eigenvalue weighted by molar-refractivity contribution is 5.95. The molecule has 286 valence electrons. The SMILES string of the molecule is CNCCCC[C@@H](NC(=O)[C@@H](CC(C)C)NC(=O)[C@@H](Cc1ccccc1)NC(=O)[C@H](N)Cc1ccccc1)C(=O)N1CCC(N2CCC[C@H]2C)CC1. The van der Waals surface area contributed by atoms with Gasteiger partial charge < -0.3 is 31.9 Å². The zero-order chi connectivity index (χ0) is 37.5. The lowest BCUT2D eigenvalue weighted by Crippen LogP contribution is -2.59. The van der Waals surface area contributed by atoms with E-state index >= 15 is 0 Å². The van der Waals surface area contributed by atoms with Gasteiger partial charge in [-0.1, -0.05) is 74.5 Å². The van der Waals surface area contributed by atoms with E-state index in [1.165, 1.54) is 12.8 Å². The molecular weight excluding hydrogens is 654 g/mol. The maximum Gasteiger partial charge on any atom is 0.245 e. The summed E-state index contributed by atoms with van der Waals surface area (Å²) in [6, 6.07) is 16.6. The van der Waals surface area contributed by atoms with Crippen molar-refractivity contribution >= 4 is 23.6 Å². The summed E-state index contributed by atoms with van der Waals surface area (Å²) in [6.07, 6.45) is 7.43. The highest BCUT2D eigenvalue weighted by Crippen LogP contribution is 2.26. The largest absolute Gasteiger partial charge is 0.343 e. The van der Waals surface area contributed by atoms with Gasteiger partial charge in [-0.05, 0) is 102 Å². The minimum absolute atomic E-state index is 0.0537. The summed E-state index contributed by atoms with van der Waals surface area (Å²) in [4.78, 5) is 59.9. The predicted octanol–water partition coefficient (Wildman–Crippen LogP) is 3.16. The average molecular weight is 718 g/mol. The van der Waals surface area contributed by atoms with Crippen LogP contribution in [0.4, 0.5) is 0 Å². The van der Waals surface area contributed by atoms with Crippen LogP contribution in [-0.2, 0) is 32.0 Å². The van der Waals surface area contributed by atoms with E-state index in [-0.39, 0.29) is 24.2 Å². The Morgan fingerprint density at radius 1 is 0.750 bits per heavy atom. The van der Waals surface area contributed by atoms with Gasteiger partial charge in [0.05, 0.1) is 6.04 Å². The van der Waals surface area contributed by atoms with Crippen molar-refractivity contribution in [1.29, 1.82) is 0 Å². The van der Waals surface area contributed by atoms with Crippen LogP contribution >= 0.6 is 0 Å². The van der Waals surface area contributed by atoms with Crippen LogP contribution in [0.3, 0.4) is 0 Å². The molecule has 0 aromatic heterocycles. The van der Waals surface area contributed by atoms with Crippen LogP contribution in [0.25, 0.3) is 0 Å². The normalized spacial score (nSPS) is 19.1. The lowest BCUT2D eigenvalue weighted by molar-refractivity contribution is -0.139. The molecule has 11 nitrogen and oxygen atoms in total. The molecule has 2 aromatic rings. The first-order chi connectivity index (χ1) is 25.0. The Labute approximate surface area is 311 Å². The Morgan fingerprint density at radius 3 is 1.90 bits per heavy atom. The van der Waals surface area contributed by atoms with Crippen LogP contribution in [0.15, 0.2) is 60.7 Å². The van der Waals surface area contributed by atoms with Gasteiger partial charge in [-0.15, -0.1) is 0 Å². The number of nitrogens with zero attached hydrogens (tertiary/aromatic N) is 2. The van der Waals surface area contributed by atoms with Crippen molar-refractivity contribution in [3.63, 3.8) is 0 Å². The topological polar surface area (TPSA) is 149 Å². The Kier molecular flexibility index (Phi) is 16.6. The van der Waals surface area contributed by atoms with E-state index in [0.717, 1.165) is 49.9 Å². The molecule has 4 rings (SSSR count). The molecule has 0 unspecified atom stereocenters. The van der Waals surface area contributed by atoms with Gasteiger partial charge in [-0.25, -0.2) is 0 Å². The Hall–Kier alpha value is -3.80. The van der Waals surface area contributed by atoms with Crippen LogP contribution in [0.5, 0.6) is 0 Å². The second kappa shape index (κ2) is 21.0. The van der Waals surface area contributed by atoms with Gasteiger partial charge in [0.25, 0.3) is 0 Å². The first-order valence-corrected chi connectivity index (χ1v) is 19.5. The molecule has 2 saturated heterocycles. The van der Waals surface area contributed by atoms with Crippen molar-refractivity contribution in [1.82, 2.24) is 31.1 Å². The fraction of sp³-hybridized carbons (Fsp3) is 0.610. The number of benzene rings is 2. The van der Waals surface area contributed by atoms with Crippen molar-refractivity contribution < 1.29 is 19.2 Å². The summed E-state index contributed by atoms with van der Waals surface area (Å²) in [5.74, 6) is -1.28. The molecule has 6 N–H and O–H groups in total. The van der Waals surface area contributed by atoms with Gasteiger partial charge >= 0.3 is 0 Å². The molecule has 0 spiro atoms. The first-order valence-electron chi connectivity index (χ1n) is 19.5. The molecule has 0 bridgehead atoms. The standard InChI is InChI=1S/C41H63N7O4/c1-29(2)26-36(46-40(51)37(28-32-17-9-6-10-18-32)45-38(49)34(42)27-31-15-7-5-8-16-31)39(50)44-35(19-11-12-22-43-4)41(52)47-24-20-33(21-25-47)48-23-13-14-30(48)3/h5-10,15-18,29-30,33-37,43H,11-14,19-28,42H2,1-4H3,(H,44,50)(H,45,49)(H,46,51)/t30-,34-,35-,36-,37-/m1/s1. The maximum absolute atomic E-state index is 14.1. The number of rotatable bonds is 19. The van der Waals surface area contributed by atoms with Crippen molar-refractivity contribution in [3.8, 4) is 0 Å². The van der Waals surface area contributed by atoms with Crippen molar-refractivity contribution in [2.75, 3.05) is 33.2 Å². The van der Waals surface area contributed by atoms with Crippen molar-refractivity contribution in [3.05, 3.63) is 71.8 Å². The van der Waals surface area contributed by atoms with Crippen LogP contribution in [0, 0.1) is 5.92 Å². The molecule has 5 atom stereocenters. The van der Waals surface area contributed by atoms with Gasteiger partial charge in [-0.3, -0.25) is 24.1 Å². The third kappa shape index (κ3) is 12.7. The van der Waals surface area contributed by atoms with Crippen LogP contribution in [0.1, 0.15) is 83.3 Å². The molecule has 2 aliphatic heterocycles. The fourth-order valence-electron chi connectivity index (χ4n) is 7.59. The molecule has 2 aliphatic rings. The smallest absolute Gasteiger partial charge is 0.245 e. The average Bonchev–Trinajstić information content (AvgIpc) is 3.58. The fourth-order valence-corrected chi connectivity index (χ4v) is 7.59. The summed E-state index contributed by atoms with van der Waals surface area (Å²) >= 11 is 0. The third-order valence-electron chi connectivity index (χ3n) is 10.5. The number of amides is 4. The molecular formula is C41H63N7O4. The number of piperidine rings is 1. The molecule has 2 fully saturated rings. The number of hydrogen-bond donors (Lipinski definition) is 5. The third-order valence-corrected chi connectivity index (χ3v) is 10.5. The Balaban J connectivity index is 1.45. The summed E-state index contributed by atoms with van der Waals surface area (Å²) in [5, 5.41) is 12.1. The zero-order valence-electron chi connectivity index (χ0n) is 31.8. The first kappa shape index (κ1) is 41.0. The molecule has 0 saturated carbocycles. The van der Waals surface area contributed by atoms with E-state index in [9.17, 15) is 19.2 Å². The number of unbranched alkanes of at least 4 members (excludes halogenated alkanes) is 1. The maximum atomic E-state index is 14.1. The van der Waals surface area contributed by atoms with Gasteiger partial charge in [0, 0.05) is 31.6 Å². The lowest BCUT2D eigenvalue weighted by Gasteiger charge is -2.39. The minimum Gasteiger partial charge on any atom is -0.343 e. The van der Waals surface area contributed by atoms with E-state index in [2.05, 4.69) is 33.1 Å². The predicted molar refractivity (Wildman–Crippen MR) is 206 cm³/mol. The highest BCUT2D eigenvalue weighted by Gasteiger charge is 2.35. The molecule has 4 amide bonds. The molecule has 52 heavy (non-hydrogen) atoms. The lowest BCUT2D eigenvalue weighted by atomic mass is 9.98. The van der Waals surface area contributed by atoms with E-state index < -0.39 is 36.0 Å². The van der Waals surface area contributed by atoms with E-state index in [1.54, 1.807) is 0 Å². The van der Waals surface area contributed by atoms with Gasteiger partial charge in [0.2, 0.25) is 23.6 Å². The summed E-state index contributed by atoms with van der Waals surface area (Å²) in [6.45, 7) is 9.58. The monoisotopic (exact) mass is 717 g/mol. The van der Waals surface area contributed by atoms with Crippen LogP contribution < -0.4 is 27.0 Å². The molecule has 2 heterocycles. The number of likely N-dealkylation sites (tertiary alicyclic amines) is 2. The molecule has 11 heteroatoms. The highest BCUT2D eigenvalue weighted by atomic mass is 16.2. The van der Waals surface area contributed by atoms with Crippen molar-refractivity contribution in [2.45, 2.75) is 121 Å². The van der Waals surface area contributed by atoms with Crippen LogP contribution in [0.2, 0.25) is 0 Å². The van der Waals surface area contributed by atoms with E-state index in [1.807, 2.05) is 86.5 Å². The van der Waals surface area contributed by atoms with Crippen molar-refractivity contribution in [2.24, 2.45) is 11.7 Å². The van der Waals surface area contributed by atoms with E-state index in [0.29, 0.717) is 44.4 Å². The second-order valence-electron chi connectivity index (χ2n) is 15.2. The van der Waals surface area contributed by atoms with Gasteiger partial charge in [0.1, 0.15) is 18.1 Å². The quantitative estimate of drug-likeness (QED) is 0.140. The Morgan fingerprint density at radius 2 is 1.33 bits per heavy atom. The molecule has 2 aromatic carbocycles. The molecule has 0 radical (unpaired) electrons. The second-order valence-corrected chi connectivity index (χ2v) is 15.2. The van der Waals surface area contributed by atoms with Crippen LogP contribution in [-0.4, -0.2) is 103 Å².